The zero-order valence-corrected chi connectivity index (χ0v) is 14.0. The summed E-state index contributed by atoms with van der Waals surface area (Å²) in [5.41, 5.74) is 6.23. The molecule has 2 aliphatic rings. The van der Waals surface area contributed by atoms with Crippen molar-refractivity contribution in [1.29, 1.82) is 0 Å². The highest BCUT2D eigenvalue weighted by atomic mass is 16.2. The average molecular weight is 318 g/mol. The fraction of sp³-hybridized carbons (Fsp3) is 0.286. The van der Waals surface area contributed by atoms with Gasteiger partial charge in [0.05, 0.1) is 0 Å². The Morgan fingerprint density at radius 1 is 1.00 bits per heavy atom. The highest BCUT2D eigenvalue weighted by Crippen LogP contribution is 2.27. The summed E-state index contributed by atoms with van der Waals surface area (Å²) in [7, 11) is 2.15. The Morgan fingerprint density at radius 2 is 1.83 bits per heavy atom. The summed E-state index contributed by atoms with van der Waals surface area (Å²) in [5.74, 6) is 0.0646. The lowest BCUT2D eigenvalue weighted by atomic mass is 9.97. The van der Waals surface area contributed by atoms with E-state index < -0.39 is 0 Å². The van der Waals surface area contributed by atoms with Gasteiger partial charge >= 0.3 is 0 Å². The van der Waals surface area contributed by atoms with E-state index in [0.29, 0.717) is 0 Å². The Hall–Kier alpha value is -2.39. The number of anilines is 1. The molecule has 24 heavy (non-hydrogen) atoms. The van der Waals surface area contributed by atoms with Crippen LogP contribution in [0.1, 0.15) is 22.3 Å². The van der Waals surface area contributed by atoms with Crippen LogP contribution in [0.5, 0.6) is 0 Å². The Bertz CT molecular complexity index is 809. The van der Waals surface area contributed by atoms with Gasteiger partial charge in [0.25, 0.3) is 5.91 Å². The molecule has 0 saturated carbocycles. The highest BCUT2D eigenvalue weighted by molar-refractivity contribution is 6.05. The van der Waals surface area contributed by atoms with Crippen LogP contribution in [0.4, 0.5) is 5.69 Å². The van der Waals surface area contributed by atoms with Crippen molar-refractivity contribution in [3.8, 4) is 0 Å². The molecule has 3 heteroatoms. The number of carbonyl (C=O) groups is 1. The van der Waals surface area contributed by atoms with E-state index in [1.54, 1.807) is 6.08 Å². The third-order valence-corrected chi connectivity index (χ3v) is 5.00. The summed E-state index contributed by atoms with van der Waals surface area (Å²) in [6.07, 6.45) is 5.70. The normalized spacial score (nSPS) is 17.1. The zero-order chi connectivity index (χ0) is 16.5. The van der Waals surface area contributed by atoms with Gasteiger partial charge in [0.1, 0.15) is 0 Å². The SMILES string of the molecule is CN1CCc2ccc(C=CC(=O)N3CCc4ccccc43)cc2C1. The van der Waals surface area contributed by atoms with Crippen LogP contribution < -0.4 is 4.90 Å². The fourth-order valence-corrected chi connectivity index (χ4v) is 3.65. The van der Waals surface area contributed by atoms with Crippen LogP contribution in [-0.2, 0) is 24.2 Å². The molecule has 0 aromatic heterocycles. The summed E-state index contributed by atoms with van der Waals surface area (Å²) >= 11 is 0. The van der Waals surface area contributed by atoms with E-state index >= 15 is 0 Å². The Morgan fingerprint density at radius 3 is 2.75 bits per heavy atom. The molecule has 0 aliphatic carbocycles. The van der Waals surface area contributed by atoms with Crippen LogP contribution in [0.15, 0.2) is 48.5 Å². The first-order chi connectivity index (χ1) is 11.7. The van der Waals surface area contributed by atoms with E-state index in [4.69, 9.17) is 0 Å². The molecule has 0 N–H and O–H groups in total. The number of rotatable bonds is 2. The van der Waals surface area contributed by atoms with Gasteiger partial charge in [-0.05, 0) is 54.3 Å². The second-order valence-corrected chi connectivity index (χ2v) is 6.72. The smallest absolute Gasteiger partial charge is 0.251 e. The second kappa shape index (κ2) is 6.25. The maximum Gasteiger partial charge on any atom is 0.251 e. The van der Waals surface area contributed by atoms with Gasteiger partial charge in [0.15, 0.2) is 0 Å². The number of hydrogen-bond donors (Lipinski definition) is 0. The monoisotopic (exact) mass is 318 g/mol. The van der Waals surface area contributed by atoms with E-state index in [-0.39, 0.29) is 5.91 Å². The molecule has 2 aromatic carbocycles. The van der Waals surface area contributed by atoms with Gasteiger partial charge in [0.2, 0.25) is 0 Å². The molecule has 0 unspecified atom stereocenters. The number of hydrogen-bond acceptors (Lipinski definition) is 2. The van der Waals surface area contributed by atoms with Crippen LogP contribution in [0.25, 0.3) is 6.08 Å². The van der Waals surface area contributed by atoms with Crippen molar-refractivity contribution in [2.75, 3.05) is 25.0 Å². The number of nitrogens with zero attached hydrogens (tertiary/aromatic N) is 2. The molecular weight excluding hydrogens is 296 g/mol. The second-order valence-electron chi connectivity index (χ2n) is 6.72. The molecule has 0 bridgehead atoms. The first-order valence-corrected chi connectivity index (χ1v) is 8.58. The molecule has 1 amide bonds. The van der Waals surface area contributed by atoms with Crippen molar-refractivity contribution in [3.63, 3.8) is 0 Å². The van der Waals surface area contributed by atoms with E-state index in [9.17, 15) is 4.79 Å². The van der Waals surface area contributed by atoms with Crippen molar-refractivity contribution in [1.82, 2.24) is 4.90 Å². The Balaban J connectivity index is 1.51. The molecule has 122 valence electrons. The van der Waals surface area contributed by atoms with Crippen molar-refractivity contribution in [3.05, 3.63) is 70.8 Å². The van der Waals surface area contributed by atoms with Crippen molar-refractivity contribution in [2.45, 2.75) is 19.4 Å². The molecule has 4 rings (SSSR count). The van der Waals surface area contributed by atoms with Crippen LogP contribution in [-0.4, -0.2) is 30.9 Å². The van der Waals surface area contributed by atoms with Crippen LogP contribution in [0.3, 0.4) is 0 Å². The van der Waals surface area contributed by atoms with Crippen molar-refractivity contribution >= 4 is 17.7 Å². The molecule has 0 fully saturated rings. The molecule has 0 saturated heterocycles. The minimum absolute atomic E-state index is 0.0646. The standard InChI is InChI=1S/C21H22N2O/c1-22-12-10-17-8-6-16(14-19(17)15-22)7-9-21(24)23-13-11-18-4-2-3-5-20(18)23/h2-9,14H,10-13,15H2,1H3. The minimum atomic E-state index is 0.0646. The van der Waals surface area contributed by atoms with Crippen LogP contribution in [0.2, 0.25) is 0 Å². The average Bonchev–Trinajstić information content (AvgIpc) is 3.03. The molecule has 0 radical (unpaired) electrons. The first kappa shape index (κ1) is 15.2. The summed E-state index contributed by atoms with van der Waals surface area (Å²) in [4.78, 5) is 16.8. The summed E-state index contributed by atoms with van der Waals surface area (Å²) in [5, 5.41) is 0. The number of likely N-dealkylation sites (N-methyl/N-ethyl adjacent to an activating group) is 1. The lowest BCUT2D eigenvalue weighted by Crippen LogP contribution is -2.27. The molecule has 2 aromatic rings. The van der Waals surface area contributed by atoms with Gasteiger partial charge in [-0.1, -0.05) is 36.4 Å². The third kappa shape index (κ3) is 2.87. The molecule has 0 atom stereocenters. The molecule has 3 nitrogen and oxygen atoms in total. The predicted molar refractivity (Wildman–Crippen MR) is 98.0 cm³/mol. The largest absolute Gasteiger partial charge is 0.308 e. The van der Waals surface area contributed by atoms with E-state index in [0.717, 1.165) is 43.7 Å². The summed E-state index contributed by atoms with van der Waals surface area (Å²) in [6.45, 7) is 2.89. The van der Waals surface area contributed by atoms with Gasteiger partial charge in [-0.3, -0.25) is 4.79 Å². The number of fused-ring (bicyclic) bond motifs is 2. The topological polar surface area (TPSA) is 23.6 Å². The molecule has 2 heterocycles. The van der Waals surface area contributed by atoms with E-state index in [2.05, 4.69) is 36.2 Å². The van der Waals surface area contributed by atoms with Crippen LogP contribution in [0, 0.1) is 0 Å². The summed E-state index contributed by atoms with van der Waals surface area (Å²) < 4.78 is 0. The predicted octanol–water partition coefficient (Wildman–Crippen LogP) is 3.28. The van der Waals surface area contributed by atoms with Crippen LogP contribution >= 0.6 is 0 Å². The van der Waals surface area contributed by atoms with E-state index in [1.807, 2.05) is 29.2 Å². The molecule has 0 spiro atoms. The Kier molecular flexibility index (Phi) is 3.95. The first-order valence-electron chi connectivity index (χ1n) is 8.58. The number of benzene rings is 2. The fourth-order valence-electron chi connectivity index (χ4n) is 3.65. The maximum atomic E-state index is 12.6. The number of carbonyl (C=O) groups excluding carboxylic acids is 1. The van der Waals surface area contributed by atoms with Crippen molar-refractivity contribution < 1.29 is 4.79 Å². The van der Waals surface area contributed by atoms with Crippen molar-refractivity contribution in [2.24, 2.45) is 0 Å². The molecular formula is C21H22N2O. The van der Waals surface area contributed by atoms with Gasteiger partial charge in [-0.2, -0.15) is 0 Å². The van der Waals surface area contributed by atoms with Gasteiger partial charge < -0.3 is 9.80 Å². The summed E-state index contributed by atoms with van der Waals surface area (Å²) in [6, 6.07) is 14.7. The van der Waals surface area contributed by atoms with E-state index in [1.165, 1.54) is 16.7 Å². The lowest BCUT2D eigenvalue weighted by molar-refractivity contribution is -0.114. The maximum absolute atomic E-state index is 12.6. The number of para-hydroxylation sites is 1. The number of amides is 1. The Labute approximate surface area is 143 Å². The van der Waals surface area contributed by atoms with Gasteiger partial charge in [-0.25, -0.2) is 0 Å². The molecule has 2 aliphatic heterocycles. The van der Waals surface area contributed by atoms with Gasteiger partial charge in [0, 0.05) is 31.4 Å². The lowest BCUT2D eigenvalue weighted by Gasteiger charge is -2.25. The van der Waals surface area contributed by atoms with Gasteiger partial charge in [-0.15, -0.1) is 0 Å². The zero-order valence-electron chi connectivity index (χ0n) is 14.0. The minimum Gasteiger partial charge on any atom is -0.308 e. The highest BCUT2D eigenvalue weighted by Gasteiger charge is 2.22. The quantitative estimate of drug-likeness (QED) is 0.794. The third-order valence-electron chi connectivity index (χ3n) is 5.00.